The van der Waals surface area contributed by atoms with Crippen molar-refractivity contribution in [1.29, 1.82) is 0 Å². The van der Waals surface area contributed by atoms with E-state index in [4.69, 9.17) is 0 Å². The number of benzene rings is 1. The predicted octanol–water partition coefficient (Wildman–Crippen LogP) is -0.758. The molecule has 0 saturated heterocycles. The van der Waals surface area contributed by atoms with Gasteiger partial charge < -0.3 is 22.4 Å². The van der Waals surface area contributed by atoms with Gasteiger partial charge in [0, 0.05) is 5.56 Å². The smallest absolute Gasteiger partial charge is 0.104 e. The third-order valence-corrected chi connectivity index (χ3v) is 3.37. The Morgan fingerprint density at radius 1 is 0.875 bits per heavy atom. The zero-order chi connectivity index (χ0) is 10.4. The van der Waals surface area contributed by atoms with Crippen molar-refractivity contribution < 1.29 is 22.4 Å². The molecule has 0 aromatic heterocycles. The molecule has 0 aliphatic rings. The van der Waals surface area contributed by atoms with Crippen molar-refractivity contribution in [3.8, 4) is 0 Å². The van der Waals surface area contributed by atoms with Crippen LogP contribution >= 0.6 is 0 Å². The van der Waals surface area contributed by atoms with Crippen LogP contribution in [-0.4, -0.2) is 29.6 Å². The zero-order valence-corrected chi connectivity index (χ0v) is 11.3. The van der Waals surface area contributed by atoms with Gasteiger partial charge in [-0.15, -0.1) is 0 Å². The van der Waals surface area contributed by atoms with Gasteiger partial charge in [0.05, 0.1) is 19.6 Å². The molecule has 0 saturated carbocycles. The maximum Gasteiger partial charge on any atom is 0.104 e. The van der Waals surface area contributed by atoms with E-state index in [1.807, 2.05) is 0 Å². The van der Waals surface area contributed by atoms with Crippen molar-refractivity contribution >= 4 is 0 Å². The number of quaternary nitrogens is 1. The average molecular weight is 246 g/mol. The molecule has 1 aromatic carbocycles. The minimum Gasteiger partial charge on any atom is -1.00 e. The lowest BCUT2D eigenvalue weighted by Gasteiger charge is -2.35. The Morgan fingerprint density at radius 3 is 1.69 bits per heavy atom. The average Bonchev–Trinajstić information content (AvgIpc) is 2.28. The van der Waals surface area contributed by atoms with Gasteiger partial charge in [-0.05, 0) is 20.8 Å². The van der Waals surface area contributed by atoms with E-state index in [2.05, 4.69) is 51.1 Å². The Kier molecular flexibility index (Phi) is 9.54. The van der Waals surface area contributed by atoms with E-state index in [9.17, 15) is 0 Å². The molecule has 2 nitrogen and oxygen atoms in total. The summed E-state index contributed by atoms with van der Waals surface area (Å²) in [6.45, 7) is 11.7. The number of halogens is 1. The number of hydrogen-bond donors (Lipinski definition) is 0. The number of nitrogens with zero attached hydrogens (tertiary/aromatic N) is 1. The molecular weight excluding hydrogens is 222 g/mol. The van der Waals surface area contributed by atoms with Crippen molar-refractivity contribution in [3.63, 3.8) is 0 Å². The van der Waals surface area contributed by atoms with Crippen molar-refractivity contribution in [3.05, 3.63) is 35.9 Å². The molecular formula is C13H24ClNO. The fourth-order valence-electron chi connectivity index (χ4n) is 1.98. The first-order valence-electron chi connectivity index (χ1n) is 5.65. The molecule has 0 radical (unpaired) electrons. The molecule has 0 aliphatic heterocycles. The van der Waals surface area contributed by atoms with Gasteiger partial charge in [-0.25, -0.2) is 0 Å². The first-order chi connectivity index (χ1) is 6.76. The zero-order valence-electron chi connectivity index (χ0n) is 10.5. The highest BCUT2D eigenvalue weighted by Gasteiger charge is 2.20. The molecule has 3 heteroatoms. The second-order valence-corrected chi connectivity index (χ2v) is 3.93. The predicted molar refractivity (Wildman–Crippen MR) is 65.6 cm³/mol. The highest BCUT2D eigenvalue weighted by molar-refractivity contribution is 5.13. The highest BCUT2D eigenvalue weighted by atomic mass is 35.5. The first kappa shape index (κ1) is 17.8. The summed E-state index contributed by atoms with van der Waals surface area (Å²) in [6, 6.07) is 10.8. The number of hydrogen-bond acceptors (Lipinski definition) is 0. The maximum absolute atomic E-state index is 2.29. The van der Waals surface area contributed by atoms with Crippen LogP contribution in [0.1, 0.15) is 26.3 Å². The van der Waals surface area contributed by atoms with Crippen LogP contribution in [0.3, 0.4) is 0 Å². The molecule has 16 heavy (non-hydrogen) atoms. The van der Waals surface area contributed by atoms with Gasteiger partial charge in [0.25, 0.3) is 0 Å². The normalized spacial score (nSPS) is 10.2. The van der Waals surface area contributed by atoms with E-state index in [-0.39, 0.29) is 17.9 Å². The molecule has 1 aromatic rings. The highest BCUT2D eigenvalue weighted by Crippen LogP contribution is 2.13. The Balaban J connectivity index is 0. The molecule has 0 atom stereocenters. The van der Waals surface area contributed by atoms with Crippen molar-refractivity contribution in [2.75, 3.05) is 19.6 Å². The second-order valence-electron chi connectivity index (χ2n) is 3.93. The molecule has 1 rings (SSSR count). The van der Waals surface area contributed by atoms with Crippen LogP contribution in [0.4, 0.5) is 0 Å². The van der Waals surface area contributed by atoms with E-state index in [1.165, 1.54) is 36.2 Å². The standard InChI is InChI=1S/C13H22N.ClH.H2O/c1-4-14(5-2,6-3)12-13-10-8-7-9-11-13;;/h7-11H,4-6,12H2,1-3H3;1H;1H2/q+1;;/p-1. The van der Waals surface area contributed by atoms with Crippen molar-refractivity contribution in [1.82, 2.24) is 0 Å². The lowest BCUT2D eigenvalue weighted by Crippen LogP contribution is -3.00. The Morgan fingerprint density at radius 2 is 1.31 bits per heavy atom. The summed E-state index contributed by atoms with van der Waals surface area (Å²) in [5.74, 6) is 0. The fraction of sp³-hybridized carbons (Fsp3) is 0.538. The molecule has 2 N–H and O–H groups in total. The quantitative estimate of drug-likeness (QED) is 0.611. The van der Waals surface area contributed by atoms with Crippen LogP contribution in [0.2, 0.25) is 0 Å². The fourth-order valence-corrected chi connectivity index (χ4v) is 1.98. The van der Waals surface area contributed by atoms with E-state index in [0.29, 0.717) is 0 Å². The third kappa shape index (κ3) is 4.52. The summed E-state index contributed by atoms with van der Waals surface area (Å²) in [4.78, 5) is 0. The minimum atomic E-state index is 0. The monoisotopic (exact) mass is 245 g/mol. The molecule has 0 fully saturated rings. The third-order valence-electron chi connectivity index (χ3n) is 3.37. The largest absolute Gasteiger partial charge is 1.00 e. The van der Waals surface area contributed by atoms with Crippen LogP contribution < -0.4 is 12.4 Å². The van der Waals surface area contributed by atoms with Gasteiger partial charge in [0.2, 0.25) is 0 Å². The lowest BCUT2D eigenvalue weighted by atomic mass is 10.2. The van der Waals surface area contributed by atoms with Crippen LogP contribution in [0, 0.1) is 0 Å². The Labute approximate surface area is 106 Å². The first-order valence-corrected chi connectivity index (χ1v) is 5.65. The second kappa shape index (κ2) is 8.57. The summed E-state index contributed by atoms with van der Waals surface area (Å²) in [6.07, 6.45) is 0. The molecule has 0 amide bonds. The maximum atomic E-state index is 2.29. The summed E-state index contributed by atoms with van der Waals surface area (Å²) in [7, 11) is 0. The van der Waals surface area contributed by atoms with Gasteiger partial charge in [-0.2, -0.15) is 0 Å². The minimum absolute atomic E-state index is 0. The van der Waals surface area contributed by atoms with Crippen LogP contribution in [0.15, 0.2) is 30.3 Å². The molecule has 0 bridgehead atoms. The van der Waals surface area contributed by atoms with Crippen LogP contribution in [0.5, 0.6) is 0 Å². The molecule has 0 aliphatic carbocycles. The molecule has 0 spiro atoms. The summed E-state index contributed by atoms with van der Waals surface area (Å²) in [5, 5.41) is 0. The van der Waals surface area contributed by atoms with E-state index in [0.717, 1.165) is 0 Å². The molecule has 0 heterocycles. The topological polar surface area (TPSA) is 31.5 Å². The Bertz CT molecular complexity index is 252. The van der Waals surface area contributed by atoms with Gasteiger partial charge in [0.1, 0.15) is 6.54 Å². The van der Waals surface area contributed by atoms with Crippen molar-refractivity contribution in [2.24, 2.45) is 0 Å². The van der Waals surface area contributed by atoms with Gasteiger partial charge in [0.15, 0.2) is 0 Å². The summed E-state index contributed by atoms with van der Waals surface area (Å²) < 4.78 is 1.20. The van der Waals surface area contributed by atoms with Crippen LogP contribution in [0.25, 0.3) is 0 Å². The SMILES string of the molecule is CC[N+](CC)(CC)Cc1ccccc1.O.[Cl-]. The van der Waals surface area contributed by atoms with Crippen molar-refractivity contribution in [2.45, 2.75) is 27.3 Å². The van der Waals surface area contributed by atoms with Crippen LogP contribution in [-0.2, 0) is 6.54 Å². The van der Waals surface area contributed by atoms with E-state index >= 15 is 0 Å². The summed E-state index contributed by atoms with van der Waals surface area (Å²) in [5.41, 5.74) is 1.46. The van der Waals surface area contributed by atoms with Gasteiger partial charge >= 0.3 is 0 Å². The van der Waals surface area contributed by atoms with Gasteiger partial charge in [-0.3, -0.25) is 0 Å². The molecule has 94 valence electrons. The number of rotatable bonds is 5. The molecule has 0 unspecified atom stereocenters. The van der Waals surface area contributed by atoms with E-state index in [1.54, 1.807) is 0 Å². The lowest BCUT2D eigenvalue weighted by molar-refractivity contribution is -0.936. The Hall–Kier alpha value is -0.570. The van der Waals surface area contributed by atoms with E-state index < -0.39 is 0 Å². The van der Waals surface area contributed by atoms with Gasteiger partial charge in [-0.1, -0.05) is 30.3 Å². The summed E-state index contributed by atoms with van der Waals surface area (Å²) >= 11 is 0.